The van der Waals surface area contributed by atoms with Gasteiger partial charge < -0.3 is 24.8 Å². The Morgan fingerprint density at radius 1 is 1.19 bits per heavy atom. The fourth-order valence-electron chi connectivity index (χ4n) is 5.32. The van der Waals surface area contributed by atoms with E-state index in [2.05, 4.69) is 15.5 Å². The highest BCUT2D eigenvalue weighted by atomic mass is 35.5. The average molecular weight is 610 g/mol. The third-order valence-electron chi connectivity index (χ3n) is 7.62. The first kappa shape index (κ1) is 29.4. The maximum atomic E-state index is 14.2. The first-order valence-corrected chi connectivity index (χ1v) is 14.8. The number of aromatic hydroxyl groups is 2. The van der Waals surface area contributed by atoms with E-state index in [1.54, 1.807) is 36.9 Å². The van der Waals surface area contributed by atoms with E-state index in [1.165, 1.54) is 26.8 Å². The smallest absolute Gasteiger partial charge is 0.249 e. The molecule has 0 radical (unpaired) electrons. The van der Waals surface area contributed by atoms with E-state index in [4.69, 9.17) is 20.9 Å². The van der Waals surface area contributed by atoms with Crippen molar-refractivity contribution in [1.82, 2.24) is 15.5 Å². The number of allylic oxidation sites excluding steroid dienone is 4. The number of ether oxygens (including phenoxy) is 1. The van der Waals surface area contributed by atoms with Gasteiger partial charge in [-0.3, -0.25) is 14.4 Å². The van der Waals surface area contributed by atoms with Crippen molar-refractivity contribution in [3.05, 3.63) is 75.0 Å². The van der Waals surface area contributed by atoms with Gasteiger partial charge in [-0.25, -0.2) is 0 Å². The minimum absolute atomic E-state index is 0.0252. The van der Waals surface area contributed by atoms with Gasteiger partial charge in [-0.15, -0.1) is 0 Å². The highest BCUT2D eigenvalue weighted by molar-refractivity contribution is 7.98. The number of nitrogens with one attached hydrogen (secondary N) is 1. The zero-order valence-electron chi connectivity index (χ0n) is 23.5. The van der Waals surface area contributed by atoms with E-state index < -0.39 is 34.6 Å². The lowest BCUT2D eigenvalue weighted by molar-refractivity contribution is -0.123. The third-order valence-corrected chi connectivity index (χ3v) is 8.59. The molecule has 42 heavy (non-hydrogen) atoms. The predicted octanol–water partition coefficient (Wildman–Crippen LogP) is 5.36. The van der Waals surface area contributed by atoms with Gasteiger partial charge in [0.05, 0.1) is 16.2 Å². The van der Waals surface area contributed by atoms with Crippen LogP contribution in [0.4, 0.5) is 0 Å². The number of carbonyl (C=O) groups is 3. The Kier molecular flexibility index (Phi) is 7.67. The molecule has 1 aliphatic heterocycles. The molecule has 218 valence electrons. The number of phenolic OH excluding ortho intramolecular Hbond substituents is 2. The number of Topliss-reactive ketones (excluding diaryl/α,β-unsaturated/α-hetero) is 2. The number of rotatable bonds is 8. The zero-order valence-corrected chi connectivity index (χ0v) is 25.1. The Hall–Kier alpha value is -4.09. The number of carbonyl (C=O) groups excluding carboxylic acids is 3. The third kappa shape index (κ3) is 4.57. The normalized spacial score (nSPS) is 19.5. The molecule has 0 saturated carbocycles. The number of fused-ring (bicyclic) bond motifs is 3. The topological polar surface area (TPSA) is 152 Å². The van der Waals surface area contributed by atoms with Crippen molar-refractivity contribution in [3.63, 3.8) is 0 Å². The van der Waals surface area contributed by atoms with E-state index in [0.717, 1.165) is 0 Å². The number of halogens is 1. The number of hydrogen-bond donors (Lipinski definition) is 3. The van der Waals surface area contributed by atoms with Crippen LogP contribution in [0.1, 0.15) is 60.6 Å². The van der Waals surface area contributed by atoms with Crippen LogP contribution in [0.25, 0.3) is 11.4 Å². The van der Waals surface area contributed by atoms with Crippen LogP contribution in [-0.4, -0.2) is 49.7 Å². The van der Waals surface area contributed by atoms with Gasteiger partial charge in [0, 0.05) is 22.9 Å². The van der Waals surface area contributed by atoms with Crippen LogP contribution in [0.2, 0.25) is 5.02 Å². The standard InChI is InChI=1S/C30H28ClN3O7S/c1-13-24(37)22(15(3)35)26-23(25(13)38)30(4)20(40-26)12-19(36)21(27(30)39)14(2)32-18(10-11-42-5)29-33-28(34-41-29)16-8-6-7-9-17(16)31/h6-9,12,18,32,37-38H,10-11H2,1-5H3/b21-14+/t18?,30-/m0/s1. The lowest BCUT2D eigenvalue weighted by atomic mass is 9.70. The predicted molar refractivity (Wildman–Crippen MR) is 157 cm³/mol. The number of benzene rings is 2. The fraction of sp³-hybridized carbons (Fsp3) is 0.300. The van der Waals surface area contributed by atoms with E-state index in [-0.39, 0.29) is 51.1 Å². The van der Waals surface area contributed by atoms with Gasteiger partial charge in [-0.1, -0.05) is 28.9 Å². The van der Waals surface area contributed by atoms with Gasteiger partial charge in [-0.2, -0.15) is 16.7 Å². The Morgan fingerprint density at radius 2 is 1.90 bits per heavy atom. The van der Waals surface area contributed by atoms with Crippen molar-refractivity contribution in [1.29, 1.82) is 0 Å². The number of ketones is 3. The van der Waals surface area contributed by atoms with Gasteiger partial charge in [-0.05, 0) is 58.3 Å². The minimum Gasteiger partial charge on any atom is -0.507 e. The molecule has 0 saturated heterocycles. The van der Waals surface area contributed by atoms with Crippen molar-refractivity contribution < 1.29 is 33.9 Å². The van der Waals surface area contributed by atoms with E-state index >= 15 is 0 Å². The summed E-state index contributed by atoms with van der Waals surface area (Å²) in [6.07, 6.45) is 3.66. The number of phenols is 2. The van der Waals surface area contributed by atoms with Gasteiger partial charge >= 0.3 is 0 Å². The zero-order chi connectivity index (χ0) is 30.5. The minimum atomic E-state index is -1.62. The van der Waals surface area contributed by atoms with E-state index in [9.17, 15) is 24.6 Å². The van der Waals surface area contributed by atoms with Gasteiger partial charge in [0.25, 0.3) is 0 Å². The van der Waals surface area contributed by atoms with Gasteiger partial charge in [0.2, 0.25) is 11.7 Å². The molecule has 0 spiro atoms. The van der Waals surface area contributed by atoms with Crippen molar-refractivity contribution in [2.75, 3.05) is 12.0 Å². The molecule has 12 heteroatoms. The molecule has 2 heterocycles. The van der Waals surface area contributed by atoms with E-state index in [0.29, 0.717) is 28.6 Å². The molecule has 3 N–H and O–H groups in total. The molecule has 10 nitrogen and oxygen atoms in total. The van der Waals surface area contributed by atoms with Crippen LogP contribution in [0, 0.1) is 6.92 Å². The summed E-state index contributed by atoms with van der Waals surface area (Å²) in [7, 11) is 0. The molecule has 2 atom stereocenters. The van der Waals surface area contributed by atoms with Crippen LogP contribution in [0.15, 0.2) is 51.9 Å². The Bertz CT molecular complexity index is 1730. The van der Waals surface area contributed by atoms with Crippen LogP contribution in [0.3, 0.4) is 0 Å². The van der Waals surface area contributed by atoms with Crippen molar-refractivity contribution >= 4 is 40.7 Å². The second-order valence-corrected chi connectivity index (χ2v) is 11.7. The van der Waals surface area contributed by atoms with Crippen molar-refractivity contribution in [2.45, 2.75) is 45.6 Å². The number of hydrogen-bond acceptors (Lipinski definition) is 11. The van der Waals surface area contributed by atoms with Crippen LogP contribution in [-0.2, 0) is 15.0 Å². The lowest BCUT2D eigenvalue weighted by Gasteiger charge is -2.29. The summed E-state index contributed by atoms with van der Waals surface area (Å²) in [6.45, 7) is 5.79. The maximum absolute atomic E-state index is 14.2. The fourth-order valence-corrected chi connectivity index (χ4v) is 6.01. The Morgan fingerprint density at radius 3 is 2.57 bits per heavy atom. The summed E-state index contributed by atoms with van der Waals surface area (Å²) in [5.41, 5.74) is -1.02. The largest absolute Gasteiger partial charge is 0.507 e. The molecule has 0 amide bonds. The average Bonchev–Trinajstić information content (AvgIpc) is 3.53. The molecular formula is C30H28ClN3O7S. The molecule has 1 unspecified atom stereocenters. The van der Waals surface area contributed by atoms with Crippen molar-refractivity contribution in [2.24, 2.45) is 0 Å². The molecule has 0 bridgehead atoms. The number of thioether (sulfide) groups is 1. The summed E-state index contributed by atoms with van der Waals surface area (Å²) in [6, 6.07) is 6.55. The molecule has 5 rings (SSSR count). The molecular weight excluding hydrogens is 582 g/mol. The van der Waals surface area contributed by atoms with E-state index in [1.807, 2.05) is 12.3 Å². The summed E-state index contributed by atoms with van der Waals surface area (Å²) in [4.78, 5) is 44.5. The van der Waals surface area contributed by atoms with Gasteiger partial charge in [0.15, 0.2) is 17.3 Å². The monoisotopic (exact) mass is 609 g/mol. The summed E-state index contributed by atoms with van der Waals surface area (Å²) < 4.78 is 11.4. The summed E-state index contributed by atoms with van der Waals surface area (Å²) >= 11 is 7.91. The number of nitrogens with zero attached hydrogens (tertiary/aromatic N) is 2. The highest BCUT2D eigenvalue weighted by Crippen LogP contribution is 2.57. The first-order chi connectivity index (χ1) is 19.9. The quantitative estimate of drug-likeness (QED) is 0.172. The number of aromatic nitrogens is 2. The molecule has 3 aromatic rings. The van der Waals surface area contributed by atoms with Gasteiger partial charge in [0.1, 0.15) is 40.0 Å². The van der Waals surface area contributed by atoms with Crippen molar-refractivity contribution in [3.8, 4) is 28.6 Å². The Labute approximate surface area is 250 Å². The molecule has 0 fully saturated rings. The Balaban J connectivity index is 1.56. The maximum Gasteiger partial charge on any atom is 0.249 e. The molecule has 1 aliphatic carbocycles. The summed E-state index contributed by atoms with van der Waals surface area (Å²) in [5.74, 6) is -1.50. The second-order valence-electron chi connectivity index (χ2n) is 10.3. The molecule has 1 aromatic heterocycles. The van der Waals surface area contributed by atoms with Crippen LogP contribution < -0.4 is 10.1 Å². The molecule has 2 aliphatic rings. The summed E-state index contributed by atoms with van der Waals surface area (Å²) in [5, 5.41) is 29.4. The first-order valence-electron chi connectivity index (χ1n) is 13.1. The van der Waals surface area contributed by atoms with Crippen LogP contribution >= 0.6 is 23.4 Å². The molecule has 2 aromatic carbocycles. The second kappa shape index (κ2) is 11.0. The lowest BCUT2D eigenvalue weighted by Crippen LogP contribution is -2.41. The SMILES string of the molecule is CSCCC(N/C(C)=C1\C(=O)C=C2Oc3c(C(C)=O)c(O)c(C)c(O)c3[C@@]2(C)C1=O)c1nc(-c2ccccc2Cl)no1. The van der Waals surface area contributed by atoms with Crippen LogP contribution in [0.5, 0.6) is 17.2 Å². The highest BCUT2D eigenvalue weighted by Gasteiger charge is 2.56.